The zero-order chi connectivity index (χ0) is 20.5. The molecule has 0 aliphatic rings. The molecule has 1 N–H and O–H groups in total. The first-order valence-electron chi connectivity index (χ1n) is 9.80. The summed E-state index contributed by atoms with van der Waals surface area (Å²) in [6, 6.07) is 14.0. The Bertz CT molecular complexity index is 813. The highest BCUT2D eigenvalue weighted by Gasteiger charge is 2.11. The van der Waals surface area contributed by atoms with Crippen molar-refractivity contribution < 1.29 is 14.3 Å². The number of nitrogens with one attached hydrogen (secondary N) is 1. The number of rotatable bonds is 8. The summed E-state index contributed by atoms with van der Waals surface area (Å²) >= 11 is 0. The third-order valence-electron chi connectivity index (χ3n) is 4.62. The van der Waals surface area contributed by atoms with Gasteiger partial charge in [-0.2, -0.15) is 0 Å². The molecule has 0 unspecified atom stereocenters. The van der Waals surface area contributed by atoms with E-state index >= 15 is 0 Å². The Morgan fingerprint density at radius 3 is 2.14 bits per heavy atom. The average molecular weight is 380 g/mol. The van der Waals surface area contributed by atoms with Gasteiger partial charge in [0.1, 0.15) is 0 Å². The van der Waals surface area contributed by atoms with Crippen LogP contribution in [0.5, 0.6) is 0 Å². The molecular weight excluding hydrogens is 350 g/mol. The topological polar surface area (TPSA) is 55.4 Å². The molecule has 2 rings (SSSR count). The van der Waals surface area contributed by atoms with Gasteiger partial charge < -0.3 is 10.1 Å². The minimum absolute atomic E-state index is 0.309. The summed E-state index contributed by atoms with van der Waals surface area (Å²) in [5.41, 5.74) is 5.13. The molecule has 0 saturated carbocycles. The highest BCUT2D eigenvalue weighted by Crippen LogP contribution is 2.22. The van der Waals surface area contributed by atoms with E-state index in [0.717, 1.165) is 35.2 Å². The minimum atomic E-state index is -0.539. The predicted octanol–water partition coefficient (Wildman–Crippen LogP) is 5.13. The van der Waals surface area contributed by atoms with E-state index < -0.39 is 5.97 Å². The Morgan fingerprint density at radius 1 is 1.00 bits per heavy atom. The lowest BCUT2D eigenvalue weighted by atomic mass is 10.0. The van der Waals surface area contributed by atoms with Crippen LogP contribution < -0.4 is 5.32 Å². The molecule has 0 atom stereocenters. The maximum atomic E-state index is 12.2. The van der Waals surface area contributed by atoms with E-state index in [9.17, 15) is 9.59 Å². The van der Waals surface area contributed by atoms with Gasteiger partial charge in [0.2, 0.25) is 0 Å². The second-order valence-corrected chi connectivity index (χ2v) is 6.97. The quantitative estimate of drug-likeness (QED) is 0.511. The maximum Gasteiger partial charge on any atom is 0.331 e. The largest absolute Gasteiger partial charge is 0.452 e. The molecule has 0 heterocycles. The summed E-state index contributed by atoms with van der Waals surface area (Å²) in [4.78, 5) is 24.1. The molecule has 2 aromatic rings. The van der Waals surface area contributed by atoms with E-state index in [-0.39, 0.29) is 12.5 Å². The van der Waals surface area contributed by atoms with Crippen molar-refractivity contribution in [1.29, 1.82) is 0 Å². The number of anilines is 1. The summed E-state index contributed by atoms with van der Waals surface area (Å²) in [6.07, 6.45) is 4.67. The summed E-state index contributed by atoms with van der Waals surface area (Å²) < 4.78 is 5.07. The van der Waals surface area contributed by atoms with Gasteiger partial charge in [0.05, 0.1) is 0 Å². The van der Waals surface area contributed by atoms with Crippen molar-refractivity contribution in [3.8, 4) is 0 Å². The smallest absolute Gasteiger partial charge is 0.331 e. The molecule has 0 aliphatic heterocycles. The molecule has 0 spiro atoms. The molecule has 0 fully saturated rings. The lowest BCUT2D eigenvalue weighted by molar-refractivity contribution is -0.142. The first kappa shape index (κ1) is 21.4. The second-order valence-electron chi connectivity index (χ2n) is 6.97. The molecule has 1 amide bonds. The van der Waals surface area contributed by atoms with Crippen molar-refractivity contribution in [2.75, 3.05) is 11.9 Å². The van der Waals surface area contributed by atoms with E-state index in [1.165, 1.54) is 11.6 Å². The van der Waals surface area contributed by atoms with Crippen molar-refractivity contribution in [1.82, 2.24) is 0 Å². The first-order chi connectivity index (χ1) is 13.4. The fourth-order valence-electron chi connectivity index (χ4n) is 2.92. The number of esters is 1. The van der Waals surface area contributed by atoms with Gasteiger partial charge in [-0.1, -0.05) is 70.2 Å². The van der Waals surface area contributed by atoms with Crippen LogP contribution >= 0.6 is 0 Å². The van der Waals surface area contributed by atoms with Gasteiger partial charge in [0, 0.05) is 11.8 Å². The van der Waals surface area contributed by atoms with Crippen LogP contribution in [0.2, 0.25) is 0 Å². The van der Waals surface area contributed by atoms with Gasteiger partial charge in [0.15, 0.2) is 6.61 Å². The van der Waals surface area contributed by atoms with Crippen LogP contribution in [0.3, 0.4) is 0 Å². The minimum Gasteiger partial charge on any atom is -0.452 e. The van der Waals surface area contributed by atoms with Crippen molar-refractivity contribution in [2.24, 2.45) is 0 Å². The fourth-order valence-corrected chi connectivity index (χ4v) is 2.92. The summed E-state index contributed by atoms with van der Waals surface area (Å²) in [5, 5.41) is 2.89. The third-order valence-corrected chi connectivity index (χ3v) is 4.62. The number of ether oxygens (including phenoxy) is 1. The normalized spacial score (nSPS) is 11.0. The van der Waals surface area contributed by atoms with Gasteiger partial charge in [-0.15, -0.1) is 0 Å². The van der Waals surface area contributed by atoms with Gasteiger partial charge in [-0.05, 0) is 47.1 Å². The molecular formula is C24H29NO3. The number of para-hydroxylation sites is 1. The van der Waals surface area contributed by atoms with Crippen LogP contribution in [0.4, 0.5) is 5.69 Å². The van der Waals surface area contributed by atoms with Gasteiger partial charge in [-0.3, -0.25) is 4.79 Å². The fraction of sp³-hybridized carbons (Fsp3) is 0.333. The molecule has 2 aromatic carbocycles. The van der Waals surface area contributed by atoms with Crippen LogP contribution in [-0.2, 0) is 27.2 Å². The van der Waals surface area contributed by atoms with Crippen LogP contribution in [0.15, 0.2) is 48.5 Å². The molecule has 148 valence electrons. The predicted molar refractivity (Wildman–Crippen MR) is 114 cm³/mol. The molecule has 0 aliphatic carbocycles. The number of benzene rings is 2. The molecule has 4 nitrogen and oxygen atoms in total. The zero-order valence-electron chi connectivity index (χ0n) is 17.1. The van der Waals surface area contributed by atoms with Gasteiger partial charge in [-0.25, -0.2) is 4.79 Å². The van der Waals surface area contributed by atoms with Gasteiger partial charge in [0.25, 0.3) is 5.91 Å². The Morgan fingerprint density at radius 2 is 1.61 bits per heavy atom. The van der Waals surface area contributed by atoms with Crippen LogP contribution in [-0.4, -0.2) is 18.5 Å². The Hall–Kier alpha value is -2.88. The van der Waals surface area contributed by atoms with Crippen molar-refractivity contribution in [2.45, 2.75) is 46.5 Å². The number of carbonyl (C=O) groups excluding carboxylic acids is 2. The lowest BCUT2D eigenvalue weighted by Crippen LogP contribution is -2.21. The van der Waals surface area contributed by atoms with Crippen molar-refractivity contribution in [3.05, 3.63) is 70.8 Å². The van der Waals surface area contributed by atoms with E-state index in [1.807, 2.05) is 56.3 Å². The van der Waals surface area contributed by atoms with Crippen LogP contribution in [0.1, 0.15) is 55.9 Å². The molecule has 4 heteroatoms. The Labute approximate surface area is 167 Å². The van der Waals surface area contributed by atoms with E-state index in [4.69, 9.17) is 4.74 Å². The van der Waals surface area contributed by atoms with E-state index in [2.05, 4.69) is 19.2 Å². The average Bonchev–Trinajstić information content (AvgIpc) is 2.71. The molecule has 28 heavy (non-hydrogen) atoms. The van der Waals surface area contributed by atoms with E-state index in [1.54, 1.807) is 6.08 Å². The Kier molecular flexibility index (Phi) is 8.00. The Balaban J connectivity index is 1.90. The first-order valence-corrected chi connectivity index (χ1v) is 9.80. The van der Waals surface area contributed by atoms with Crippen LogP contribution in [0, 0.1) is 0 Å². The summed E-state index contributed by atoms with van der Waals surface area (Å²) in [6.45, 7) is 8.05. The molecule has 0 aromatic heterocycles. The third kappa shape index (κ3) is 6.08. The number of hydrogen-bond donors (Lipinski definition) is 1. The number of aryl methyl sites for hydroxylation is 2. The monoisotopic (exact) mass is 379 g/mol. The lowest BCUT2D eigenvalue weighted by Gasteiger charge is -2.14. The summed E-state index contributed by atoms with van der Waals surface area (Å²) in [7, 11) is 0. The SMILES string of the molecule is CCc1cccc(CC)c1NC(=O)COC(=O)/C=C/c1ccc(C(C)C)cc1. The highest BCUT2D eigenvalue weighted by molar-refractivity contribution is 5.95. The van der Waals surface area contributed by atoms with E-state index in [0.29, 0.717) is 5.92 Å². The molecule has 0 radical (unpaired) electrons. The highest BCUT2D eigenvalue weighted by atomic mass is 16.5. The number of carbonyl (C=O) groups is 2. The standard InChI is InChI=1S/C24H29NO3/c1-5-19-8-7-9-20(6-2)24(19)25-22(26)16-28-23(27)15-12-18-10-13-21(14-11-18)17(3)4/h7-15,17H,5-6,16H2,1-4H3,(H,25,26)/b15-12+. The number of amides is 1. The van der Waals surface area contributed by atoms with Gasteiger partial charge >= 0.3 is 5.97 Å². The molecule has 0 saturated heterocycles. The van der Waals surface area contributed by atoms with Crippen LogP contribution in [0.25, 0.3) is 6.08 Å². The number of hydrogen-bond acceptors (Lipinski definition) is 3. The molecule has 0 bridgehead atoms. The zero-order valence-corrected chi connectivity index (χ0v) is 17.1. The second kappa shape index (κ2) is 10.5. The van der Waals surface area contributed by atoms with Crippen molar-refractivity contribution >= 4 is 23.6 Å². The maximum absolute atomic E-state index is 12.2. The van der Waals surface area contributed by atoms with Crippen molar-refractivity contribution in [3.63, 3.8) is 0 Å². The summed E-state index contributed by atoms with van der Waals surface area (Å²) in [5.74, 6) is -0.409.